The second-order valence-corrected chi connectivity index (χ2v) is 6.43. The Labute approximate surface area is 155 Å². The first-order chi connectivity index (χ1) is 12.1. The van der Waals surface area contributed by atoms with E-state index in [1.54, 1.807) is 0 Å². The second kappa shape index (κ2) is 17.7. The van der Waals surface area contributed by atoms with Gasteiger partial charge in [0, 0.05) is 6.61 Å². The molecule has 0 rings (SSSR count). The maximum atomic E-state index is 5.41. The maximum Gasteiger partial charge on any atom is 0.140 e. The van der Waals surface area contributed by atoms with Crippen LogP contribution in [0.2, 0.25) is 0 Å². The summed E-state index contributed by atoms with van der Waals surface area (Å²) in [6, 6.07) is 0. The predicted molar refractivity (Wildman–Crippen MR) is 107 cm³/mol. The molecular formula is C21H39NO3. The van der Waals surface area contributed by atoms with E-state index in [1.165, 1.54) is 11.1 Å². The molecule has 0 aromatic rings. The average Bonchev–Trinajstić information content (AvgIpc) is 2.58. The number of hydrogen-bond acceptors (Lipinski definition) is 4. The third-order valence-corrected chi connectivity index (χ3v) is 3.73. The van der Waals surface area contributed by atoms with Crippen LogP contribution in [-0.4, -0.2) is 38.7 Å². The van der Waals surface area contributed by atoms with Crippen molar-refractivity contribution in [3.05, 3.63) is 23.3 Å². The third-order valence-electron chi connectivity index (χ3n) is 3.73. The molecule has 0 fully saturated rings. The molecule has 0 aliphatic heterocycles. The van der Waals surface area contributed by atoms with Gasteiger partial charge in [-0.2, -0.15) is 0 Å². The van der Waals surface area contributed by atoms with Crippen LogP contribution in [0.1, 0.15) is 73.1 Å². The van der Waals surface area contributed by atoms with Crippen molar-refractivity contribution in [2.45, 2.75) is 73.1 Å². The van der Waals surface area contributed by atoms with Crippen LogP contribution in [-0.2, 0) is 14.3 Å². The van der Waals surface area contributed by atoms with Crippen molar-refractivity contribution in [2.24, 2.45) is 5.16 Å². The topological polar surface area (TPSA) is 40.0 Å². The normalized spacial score (nSPS) is 13.4. The van der Waals surface area contributed by atoms with Gasteiger partial charge < -0.3 is 14.3 Å². The molecule has 0 unspecified atom stereocenters. The highest BCUT2D eigenvalue weighted by Gasteiger charge is 1.97. The van der Waals surface area contributed by atoms with Gasteiger partial charge in [-0.3, -0.25) is 0 Å². The lowest BCUT2D eigenvalue weighted by atomic mass is 10.1. The standard InChI is InChI=1S/C21H39NO3/c1-6-9-19(3)10-8-11-20(4)12-13-21(5)22-25-18-17-24-16-15-23-14-7-2/h9,11H,6-8,10,12-18H2,1-5H3/b19-9+,20-11+,22-21+. The van der Waals surface area contributed by atoms with E-state index in [0.717, 1.165) is 50.8 Å². The van der Waals surface area contributed by atoms with Gasteiger partial charge in [-0.15, -0.1) is 0 Å². The molecule has 0 bridgehead atoms. The minimum Gasteiger partial charge on any atom is -0.393 e. The zero-order chi connectivity index (χ0) is 18.8. The molecule has 0 N–H and O–H groups in total. The van der Waals surface area contributed by atoms with Gasteiger partial charge in [0.1, 0.15) is 6.61 Å². The van der Waals surface area contributed by atoms with Gasteiger partial charge in [0.25, 0.3) is 0 Å². The smallest absolute Gasteiger partial charge is 0.140 e. The Hall–Kier alpha value is -1.13. The Balaban J connectivity index is 3.67. The van der Waals surface area contributed by atoms with Crippen LogP contribution in [0.25, 0.3) is 0 Å². The minimum atomic E-state index is 0.489. The zero-order valence-corrected chi connectivity index (χ0v) is 17.1. The second-order valence-electron chi connectivity index (χ2n) is 6.43. The molecule has 0 aliphatic carbocycles. The van der Waals surface area contributed by atoms with Crippen molar-refractivity contribution < 1.29 is 14.3 Å². The number of ether oxygens (including phenoxy) is 2. The van der Waals surface area contributed by atoms with Crippen molar-refractivity contribution >= 4 is 5.71 Å². The van der Waals surface area contributed by atoms with Gasteiger partial charge in [-0.25, -0.2) is 0 Å². The molecule has 0 heterocycles. The SMILES string of the molecule is CC/C=C(\C)CC/C=C(\C)CC/C(C)=N/OCCOCCOCCC. The summed E-state index contributed by atoms with van der Waals surface area (Å²) < 4.78 is 10.7. The minimum absolute atomic E-state index is 0.489. The van der Waals surface area contributed by atoms with Crippen molar-refractivity contribution in [3.63, 3.8) is 0 Å². The fourth-order valence-corrected chi connectivity index (χ4v) is 2.24. The average molecular weight is 354 g/mol. The van der Waals surface area contributed by atoms with Crippen molar-refractivity contribution in [1.82, 2.24) is 0 Å². The highest BCUT2D eigenvalue weighted by molar-refractivity contribution is 5.81. The summed E-state index contributed by atoms with van der Waals surface area (Å²) in [6.07, 6.45) is 11.1. The molecule has 0 aromatic carbocycles. The van der Waals surface area contributed by atoms with E-state index in [-0.39, 0.29) is 0 Å². The monoisotopic (exact) mass is 353 g/mol. The summed E-state index contributed by atoms with van der Waals surface area (Å²) in [7, 11) is 0. The van der Waals surface area contributed by atoms with Crippen LogP contribution in [0.15, 0.2) is 28.5 Å². The summed E-state index contributed by atoms with van der Waals surface area (Å²) in [5.41, 5.74) is 3.94. The van der Waals surface area contributed by atoms with Crippen molar-refractivity contribution in [2.75, 3.05) is 33.0 Å². The Bertz CT molecular complexity index is 400. The largest absolute Gasteiger partial charge is 0.393 e. The first kappa shape index (κ1) is 23.9. The van der Waals surface area contributed by atoms with Gasteiger partial charge in [0.2, 0.25) is 0 Å². The summed E-state index contributed by atoms with van der Waals surface area (Å²) >= 11 is 0. The fraction of sp³-hybridized carbons (Fsp3) is 0.762. The lowest BCUT2D eigenvalue weighted by Gasteiger charge is -2.05. The van der Waals surface area contributed by atoms with Crippen LogP contribution < -0.4 is 0 Å². The molecule has 4 nitrogen and oxygen atoms in total. The molecule has 0 amide bonds. The Kier molecular flexibility index (Phi) is 16.9. The Morgan fingerprint density at radius 2 is 1.40 bits per heavy atom. The molecule has 0 saturated carbocycles. The molecule has 0 aliphatic rings. The number of rotatable bonds is 16. The molecule has 25 heavy (non-hydrogen) atoms. The van der Waals surface area contributed by atoms with Gasteiger partial charge in [-0.05, 0) is 59.3 Å². The molecule has 0 saturated heterocycles. The van der Waals surface area contributed by atoms with E-state index >= 15 is 0 Å². The van der Waals surface area contributed by atoms with E-state index in [2.05, 4.69) is 45.0 Å². The fourth-order valence-electron chi connectivity index (χ4n) is 2.24. The first-order valence-corrected chi connectivity index (χ1v) is 9.72. The number of oxime groups is 1. The lowest BCUT2D eigenvalue weighted by Crippen LogP contribution is -2.08. The molecule has 0 radical (unpaired) electrons. The summed E-state index contributed by atoms with van der Waals surface area (Å²) in [5.74, 6) is 0. The molecular weight excluding hydrogens is 314 g/mol. The van der Waals surface area contributed by atoms with E-state index < -0.39 is 0 Å². The van der Waals surface area contributed by atoms with E-state index in [0.29, 0.717) is 26.4 Å². The van der Waals surface area contributed by atoms with E-state index in [1.807, 2.05) is 6.92 Å². The highest BCUT2D eigenvalue weighted by atomic mass is 16.6. The highest BCUT2D eigenvalue weighted by Crippen LogP contribution is 2.11. The van der Waals surface area contributed by atoms with Crippen LogP contribution in [0.5, 0.6) is 0 Å². The lowest BCUT2D eigenvalue weighted by molar-refractivity contribution is 0.0158. The van der Waals surface area contributed by atoms with Gasteiger partial charge in [0.15, 0.2) is 0 Å². The Morgan fingerprint density at radius 3 is 2.08 bits per heavy atom. The van der Waals surface area contributed by atoms with Crippen LogP contribution >= 0.6 is 0 Å². The number of allylic oxidation sites excluding steroid dienone is 4. The zero-order valence-electron chi connectivity index (χ0n) is 17.1. The van der Waals surface area contributed by atoms with Crippen molar-refractivity contribution in [1.29, 1.82) is 0 Å². The van der Waals surface area contributed by atoms with Crippen LogP contribution in [0.4, 0.5) is 0 Å². The summed E-state index contributed by atoms with van der Waals surface area (Å²) in [4.78, 5) is 5.29. The van der Waals surface area contributed by atoms with Gasteiger partial charge in [-0.1, -0.05) is 42.3 Å². The number of nitrogens with zero attached hydrogens (tertiary/aromatic N) is 1. The van der Waals surface area contributed by atoms with Gasteiger partial charge >= 0.3 is 0 Å². The van der Waals surface area contributed by atoms with Gasteiger partial charge in [0.05, 0.1) is 25.5 Å². The molecule has 146 valence electrons. The molecule has 0 aromatic heterocycles. The van der Waals surface area contributed by atoms with Crippen molar-refractivity contribution in [3.8, 4) is 0 Å². The number of hydrogen-bond donors (Lipinski definition) is 0. The summed E-state index contributed by atoms with van der Waals surface area (Å²) in [6.45, 7) is 13.8. The third kappa shape index (κ3) is 17.5. The maximum absolute atomic E-state index is 5.41. The first-order valence-electron chi connectivity index (χ1n) is 9.72. The molecule has 4 heteroatoms. The molecule has 0 atom stereocenters. The molecule has 0 spiro atoms. The summed E-state index contributed by atoms with van der Waals surface area (Å²) in [5, 5.41) is 4.15. The van der Waals surface area contributed by atoms with Crippen LogP contribution in [0, 0.1) is 0 Å². The van der Waals surface area contributed by atoms with E-state index in [4.69, 9.17) is 14.3 Å². The predicted octanol–water partition coefficient (Wildman–Crippen LogP) is 5.69. The van der Waals surface area contributed by atoms with Crippen LogP contribution in [0.3, 0.4) is 0 Å². The Morgan fingerprint density at radius 1 is 0.760 bits per heavy atom. The van der Waals surface area contributed by atoms with E-state index in [9.17, 15) is 0 Å². The quantitative estimate of drug-likeness (QED) is 0.155.